The molecule has 1 saturated heterocycles. The van der Waals surface area contributed by atoms with E-state index >= 15 is 0 Å². The maximum Gasteiger partial charge on any atom is 0.214 e. The number of piperidine rings is 1. The number of nitrogens with zero attached hydrogens (tertiary/aromatic N) is 1. The molecular weight excluding hydrogens is 332 g/mol. The second-order valence-electron chi connectivity index (χ2n) is 6.32. The summed E-state index contributed by atoms with van der Waals surface area (Å²) in [7, 11) is -3.12. The molecule has 1 fully saturated rings. The van der Waals surface area contributed by atoms with E-state index in [0.717, 1.165) is 47.3 Å². The Hall–Kier alpha value is -1.04. The molecule has 1 aliphatic heterocycles. The Labute approximate surface area is 142 Å². The zero-order valence-corrected chi connectivity index (χ0v) is 15.0. The first-order valence-corrected chi connectivity index (χ1v) is 10.2. The first kappa shape index (κ1) is 16.8. The summed E-state index contributed by atoms with van der Waals surface area (Å²) < 4.78 is 26.5. The summed E-state index contributed by atoms with van der Waals surface area (Å²) in [4.78, 5) is 3.43. The minimum absolute atomic E-state index is 0.228. The Morgan fingerprint density at radius 1 is 1.35 bits per heavy atom. The molecule has 2 aromatic rings. The topological polar surface area (TPSA) is 53.2 Å². The van der Waals surface area contributed by atoms with Crippen molar-refractivity contribution in [2.24, 2.45) is 0 Å². The summed E-state index contributed by atoms with van der Waals surface area (Å²) in [6.45, 7) is 3.24. The van der Waals surface area contributed by atoms with Crippen molar-refractivity contribution in [3.05, 3.63) is 35.0 Å². The number of aromatic amines is 1. The third-order valence-corrected chi connectivity index (χ3v) is 6.73. The lowest BCUT2D eigenvalue weighted by Crippen LogP contribution is -2.40. The predicted molar refractivity (Wildman–Crippen MR) is 95.6 cm³/mol. The number of aromatic nitrogens is 1. The Morgan fingerprint density at radius 2 is 2.17 bits per heavy atom. The van der Waals surface area contributed by atoms with Gasteiger partial charge in [-0.25, -0.2) is 12.7 Å². The van der Waals surface area contributed by atoms with Gasteiger partial charge in [-0.05, 0) is 43.5 Å². The van der Waals surface area contributed by atoms with Crippen LogP contribution in [0, 0.1) is 0 Å². The number of sulfonamides is 1. The zero-order valence-electron chi connectivity index (χ0n) is 13.4. The lowest BCUT2D eigenvalue weighted by molar-refractivity contribution is 0.313. The van der Waals surface area contributed by atoms with E-state index in [-0.39, 0.29) is 11.7 Å². The lowest BCUT2D eigenvalue weighted by Gasteiger charge is -2.31. The lowest BCUT2D eigenvalue weighted by atomic mass is 9.96. The average molecular weight is 355 g/mol. The van der Waals surface area contributed by atoms with Crippen molar-refractivity contribution in [1.29, 1.82) is 0 Å². The molecule has 0 amide bonds. The molecule has 1 unspecified atom stereocenters. The first-order chi connectivity index (χ1) is 11.0. The second kappa shape index (κ2) is 6.83. The van der Waals surface area contributed by atoms with E-state index in [0.29, 0.717) is 13.1 Å². The van der Waals surface area contributed by atoms with Crippen LogP contribution in [0.15, 0.2) is 24.3 Å². The van der Waals surface area contributed by atoms with Crippen molar-refractivity contribution in [2.45, 2.75) is 38.5 Å². The molecule has 6 heteroatoms. The van der Waals surface area contributed by atoms with E-state index in [1.165, 1.54) is 0 Å². The van der Waals surface area contributed by atoms with Crippen molar-refractivity contribution >= 4 is 32.5 Å². The molecule has 0 radical (unpaired) electrons. The number of hydrogen-bond donors (Lipinski definition) is 1. The fourth-order valence-corrected chi connectivity index (χ4v) is 5.16. The molecule has 126 valence electrons. The largest absolute Gasteiger partial charge is 0.358 e. The van der Waals surface area contributed by atoms with Gasteiger partial charge in [0.1, 0.15) is 0 Å². The highest BCUT2D eigenvalue weighted by Gasteiger charge is 2.29. The van der Waals surface area contributed by atoms with Crippen molar-refractivity contribution in [1.82, 2.24) is 9.29 Å². The highest BCUT2D eigenvalue weighted by molar-refractivity contribution is 7.89. The van der Waals surface area contributed by atoms with Crippen molar-refractivity contribution in [3.8, 4) is 0 Å². The Bertz CT molecular complexity index is 785. The van der Waals surface area contributed by atoms with Gasteiger partial charge in [-0.1, -0.05) is 24.9 Å². The van der Waals surface area contributed by atoms with E-state index in [9.17, 15) is 8.42 Å². The van der Waals surface area contributed by atoms with Crippen LogP contribution in [0.5, 0.6) is 0 Å². The van der Waals surface area contributed by atoms with Crippen molar-refractivity contribution in [3.63, 3.8) is 0 Å². The summed E-state index contributed by atoms with van der Waals surface area (Å²) in [5.41, 5.74) is 2.16. The van der Waals surface area contributed by atoms with E-state index in [1.54, 1.807) is 4.31 Å². The van der Waals surface area contributed by atoms with Gasteiger partial charge in [0.25, 0.3) is 0 Å². The van der Waals surface area contributed by atoms with Crippen LogP contribution in [0.3, 0.4) is 0 Å². The van der Waals surface area contributed by atoms with Crippen molar-refractivity contribution in [2.75, 3.05) is 18.8 Å². The van der Waals surface area contributed by atoms with Crippen LogP contribution in [0.25, 0.3) is 10.9 Å². The van der Waals surface area contributed by atoms with Gasteiger partial charge in [0, 0.05) is 40.6 Å². The molecule has 0 saturated carbocycles. The monoisotopic (exact) mass is 354 g/mol. The van der Waals surface area contributed by atoms with Crippen LogP contribution in [0.2, 0.25) is 5.02 Å². The van der Waals surface area contributed by atoms with Crippen LogP contribution in [0.4, 0.5) is 0 Å². The molecule has 0 bridgehead atoms. The SMILES string of the molecule is CCCCS(=O)(=O)N1CCCC(c2cc3cc(Cl)ccc3[nH]2)C1. The van der Waals surface area contributed by atoms with Crippen molar-refractivity contribution < 1.29 is 8.42 Å². The summed E-state index contributed by atoms with van der Waals surface area (Å²) in [6.07, 6.45) is 3.56. The van der Waals surface area contributed by atoms with Gasteiger partial charge >= 0.3 is 0 Å². The number of benzene rings is 1. The maximum atomic E-state index is 12.4. The van der Waals surface area contributed by atoms with Gasteiger partial charge in [0.2, 0.25) is 10.0 Å². The van der Waals surface area contributed by atoms with E-state index in [2.05, 4.69) is 11.1 Å². The molecule has 1 aromatic carbocycles. The number of hydrogen-bond acceptors (Lipinski definition) is 2. The highest BCUT2D eigenvalue weighted by Crippen LogP contribution is 2.31. The standard InChI is InChI=1S/C17H23ClN2O2S/c1-2-3-9-23(21,22)20-8-4-5-13(12-20)17-11-14-10-15(18)6-7-16(14)19-17/h6-7,10-11,13,19H,2-5,8-9,12H2,1H3. The molecule has 1 aromatic heterocycles. The summed E-state index contributed by atoms with van der Waals surface area (Å²) >= 11 is 6.04. The quantitative estimate of drug-likeness (QED) is 0.877. The van der Waals surface area contributed by atoms with Gasteiger partial charge in [0.05, 0.1) is 5.75 Å². The summed E-state index contributed by atoms with van der Waals surface area (Å²) in [6, 6.07) is 7.88. The van der Waals surface area contributed by atoms with Crippen LogP contribution in [0.1, 0.15) is 44.2 Å². The second-order valence-corrected chi connectivity index (χ2v) is 8.85. The molecule has 1 aliphatic rings. The van der Waals surface area contributed by atoms with Gasteiger partial charge in [-0.15, -0.1) is 0 Å². The van der Waals surface area contributed by atoms with Crippen LogP contribution < -0.4 is 0 Å². The van der Waals surface area contributed by atoms with E-state index in [4.69, 9.17) is 11.6 Å². The molecule has 2 heterocycles. The molecule has 0 aliphatic carbocycles. The number of H-pyrrole nitrogens is 1. The fraction of sp³-hybridized carbons (Fsp3) is 0.529. The molecule has 23 heavy (non-hydrogen) atoms. The zero-order chi connectivity index (χ0) is 16.4. The average Bonchev–Trinajstić information content (AvgIpc) is 2.96. The van der Waals surface area contributed by atoms with Crippen LogP contribution in [-0.2, 0) is 10.0 Å². The number of fused-ring (bicyclic) bond motifs is 1. The third kappa shape index (κ3) is 3.73. The molecule has 1 atom stereocenters. The van der Waals surface area contributed by atoms with Gasteiger partial charge in [0.15, 0.2) is 0 Å². The third-order valence-electron chi connectivity index (χ3n) is 4.58. The molecular formula is C17H23ClN2O2S. The Balaban J connectivity index is 1.79. The minimum atomic E-state index is -3.12. The van der Waals surface area contributed by atoms with Crippen LogP contribution in [-0.4, -0.2) is 36.5 Å². The Morgan fingerprint density at radius 3 is 2.96 bits per heavy atom. The molecule has 1 N–H and O–H groups in total. The fourth-order valence-electron chi connectivity index (χ4n) is 3.25. The number of unbranched alkanes of at least 4 members (excludes halogenated alkanes) is 1. The Kier molecular flexibility index (Phi) is 4.99. The molecule has 4 nitrogen and oxygen atoms in total. The number of halogens is 1. The van der Waals surface area contributed by atoms with Gasteiger partial charge < -0.3 is 4.98 Å². The molecule has 3 rings (SSSR count). The maximum absolute atomic E-state index is 12.4. The van der Waals surface area contributed by atoms with Gasteiger partial charge in [-0.3, -0.25) is 0 Å². The van der Waals surface area contributed by atoms with E-state index in [1.807, 2.05) is 25.1 Å². The highest BCUT2D eigenvalue weighted by atomic mass is 35.5. The summed E-state index contributed by atoms with van der Waals surface area (Å²) in [5.74, 6) is 0.491. The predicted octanol–water partition coefficient (Wildman–Crippen LogP) is 4.13. The smallest absolute Gasteiger partial charge is 0.214 e. The summed E-state index contributed by atoms with van der Waals surface area (Å²) in [5, 5.41) is 1.80. The van der Waals surface area contributed by atoms with Crippen LogP contribution >= 0.6 is 11.6 Å². The minimum Gasteiger partial charge on any atom is -0.358 e. The van der Waals surface area contributed by atoms with Gasteiger partial charge in [-0.2, -0.15) is 0 Å². The number of rotatable bonds is 5. The first-order valence-electron chi connectivity index (χ1n) is 8.25. The number of nitrogens with one attached hydrogen (secondary N) is 1. The normalized spacial score (nSPS) is 20.2. The molecule has 0 spiro atoms. The van der Waals surface area contributed by atoms with E-state index < -0.39 is 10.0 Å².